The molecule has 340 valence electrons. The highest BCUT2D eigenvalue weighted by atomic mass is 16.5. The number of ether oxygens (including phenoxy) is 3. The van der Waals surface area contributed by atoms with Crippen LogP contribution in [0.5, 0.6) is 11.5 Å². The van der Waals surface area contributed by atoms with Gasteiger partial charge in [-0.2, -0.15) is 0 Å². The minimum atomic E-state index is -0.394. The maximum absolute atomic E-state index is 12.8. The zero-order valence-electron chi connectivity index (χ0n) is 39.1. The Morgan fingerprint density at radius 1 is 0.683 bits per heavy atom. The van der Waals surface area contributed by atoms with Gasteiger partial charge in [-0.3, -0.25) is 14.4 Å². The van der Waals surface area contributed by atoms with Crippen LogP contribution in [0.4, 0.5) is 0 Å². The number of aldehydes is 1. The number of aromatic hydroxyl groups is 1. The Hall–Kier alpha value is -3.61. The standard InChI is InChI=1S/C53H86O7/c1-7-9-11-13-15-17-19-21-22-24-26-28-30-32-34-36-52(56)60-47(39-44(3)4)40-45(5)37-38-48-50(58-6)41-46(49(42-54)53(48)57)43-59-51(55)35-33-31-29-27-25-23-20-18-16-14-12-10-8-2/h15,17,21-22,37,39,41-42,47,57H,7-14,16,18-20,23-36,38,40,43H2,1-6H3/b17-15-,22-21-,45-37?/t47-/m1/s1. The van der Waals surface area contributed by atoms with Crippen LogP contribution < -0.4 is 4.74 Å². The van der Waals surface area contributed by atoms with Gasteiger partial charge in [0.15, 0.2) is 6.29 Å². The summed E-state index contributed by atoms with van der Waals surface area (Å²) >= 11 is 0. The van der Waals surface area contributed by atoms with Gasteiger partial charge >= 0.3 is 11.9 Å². The highest BCUT2D eigenvalue weighted by Gasteiger charge is 2.19. The zero-order valence-corrected chi connectivity index (χ0v) is 39.1. The molecule has 0 aliphatic rings. The lowest BCUT2D eigenvalue weighted by atomic mass is 9.98. The SMILES string of the molecule is CCCCC/C=C\C/C=C\CCCCCCCC(=O)O[C@H](C=C(C)C)CC(C)=CCc1c(OC)cc(COC(=O)CCCCCCCCCCCCCCC)c(C=O)c1O. The smallest absolute Gasteiger partial charge is 0.306 e. The van der Waals surface area contributed by atoms with E-state index in [9.17, 15) is 19.5 Å². The Labute approximate surface area is 366 Å². The third-order valence-corrected chi connectivity index (χ3v) is 11.0. The van der Waals surface area contributed by atoms with E-state index in [0.29, 0.717) is 48.8 Å². The number of phenols is 1. The van der Waals surface area contributed by atoms with Gasteiger partial charge in [-0.25, -0.2) is 0 Å². The van der Waals surface area contributed by atoms with Crippen LogP contribution in [0.15, 0.2) is 53.7 Å². The molecule has 1 atom stereocenters. The Morgan fingerprint density at radius 3 is 1.72 bits per heavy atom. The van der Waals surface area contributed by atoms with Crippen LogP contribution in [0.1, 0.15) is 229 Å². The Balaban J connectivity index is 2.52. The number of phenolic OH excluding ortho intramolecular Hbond substituents is 1. The number of allylic oxidation sites excluding steroid dienone is 6. The van der Waals surface area contributed by atoms with E-state index in [1.807, 2.05) is 32.9 Å². The maximum atomic E-state index is 12.8. The van der Waals surface area contributed by atoms with E-state index >= 15 is 0 Å². The Kier molecular flexibility index (Phi) is 33.7. The summed E-state index contributed by atoms with van der Waals surface area (Å²) in [4.78, 5) is 37.5. The number of benzene rings is 1. The van der Waals surface area contributed by atoms with Crippen molar-refractivity contribution in [3.63, 3.8) is 0 Å². The van der Waals surface area contributed by atoms with Crippen molar-refractivity contribution in [2.24, 2.45) is 0 Å². The molecule has 0 spiro atoms. The van der Waals surface area contributed by atoms with E-state index in [2.05, 4.69) is 38.2 Å². The lowest BCUT2D eigenvalue weighted by molar-refractivity contribution is -0.147. The van der Waals surface area contributed by atoms with Gasteiger partial charge in [-0.1, -0.05) is 165 Å². The first kappa shape index (κ1) is 54.4. The number of hydrogen-bond donors (Lipinski definition) is 1. The molecule has 1 rings (SSSR count). The van der Waals surface area contributed by atoms with Crippen molar-refractivity contribution in [2.75, 3.05) is 7.11 Å². The first-order valence-electron chi connectivity index (χ1n) is 24.0. The van der Waals surface area contributed by atoms with Crippen molar-refractivity contribution < 1.29 is 33.7 Å². The average Bonchev–Trinajstić information content (AvgIpc) is 3.22. The number of methoxy groups -OCH3 is 1. The summed E-state index contributed by atoms with van der Waals surface area (Å²) in [7, 11) is 1.51. The van der Waals surface area contributed by atoms with Gasteiger partial charge in [0.05, 0.1) is 12.7 Å². The van der Waals surface area contributed by atoms with E-state index in [-0.39, 0.29) is 29.9 Å². The van der Waals surface area contributed by atoms with E-state index in [4.69, 9.17) is 14.2 Å². The molecule has 1 aromatic carbocycles. The predicted octanol–water partition coefficient (Wildman–Crippen LogP) is 15.3. The van der Waals surface area contributed by atoms with Crippen LogP contribution in [-0.2, 0) is 32.1 Å². The fraction of sp³-hybridized carbons (Fsp3) is 0.679. The monoisotopic (exact) mass is 835 g/mol. The molecule has 0 unspecified atom stereocenters. The summed E-state index contributed by atoms with van der Waals surface area (Å²) in [5.41, 5.74) is 3.01. The summed E-state index contributed by atoms with van der Waals surface area (Å²) in [6.07, 6.45) is 43.4. The largest absolute Gasteiger partial charge is 0.507 e. The van der Waals surface area contributed by atoms with E-state index < -0.39 is 6.10 Å². The molecule has 7 nitrogen and oxygen atoms in total. The predicted molar refractivity (Wildman–Crippen MR) is 251 cm³/mol. The molecule has 0 aliphatic heterocycles. The molecule has 0 aliphatic carbocycles. The number of carbonyl (C=O) groups excluding carboxylic acids is 3. The van der Waals surface area contributed by atoms with Gasteiger partial charge in [0.1, 0.15) is 24.2 Å². The van der Waals surface area contributed by atoms with Crippen LogP contribution in [0.3, 0.4) is 0 Å². The lowest BCUT2D eigenvalue weighted by Gasteiger charge is -2.17. The number of carbonyl (C=O) groups is 3. The van der Waals surface area contributed by atoms with Gasteiger partial charge < -0.3 is 19.3 Å². The molecular formula is C53H86O7. The second-order valence-corrected chi connectivity index (χ2v) is 17.0. The molecule has 0 fully saturated rings. The third kappa shape index (κ3) is 28.0. The number of hydrogen-bond acceptors (Lipinski definition) is 7. The summed E-state index contributed by atoms with van der Waals surface area (Å²) in [5.74, 6) is -0.268. The lowest BCUT2D eigenvalue weighted by Crippen LogP contribution is -2.17. The number of rotatable bonds is 38. The van der Waals surface area contributed by atoms with Crippen molar-refractivity contribution in [3.05, 3.63) is 70.4 Å². The molecule has 0 bridgehead atoms. The second-order valence-electron chi connectivity index (χ2n) is 17.0. The molecule has 0 aromatic heterocycles. The summed E-state index contributed by atoms with van der Waals surface area (Å²) < 4.78 is 17.1. The Bertz CT molecular complexity index is 1410. The Morgan fingerprint density at radius 2 is 1.18 bits per heavy atom. The normalized spacial score (nSPS) is 12.3. The van der Waals surface area contributed by atoms with E-state index in [1.54, 1.807) is 6.07 Å². The molecule has 7 heteroatoms. The molecular weight excluding hydrogens is 749 g/mol. The van der Waals surface area contributed by atoms with E-state index in [1.165, 1.54) is 110 Å². The highest BCUT2D eigenvalue weighted by Crippen LogP contribution is 2.35. The van der Waals surface area contributed by atoms with Crippen LogP contribution in [-0.4, -0.2) is 36.5 Å². The van der Waals surface area contributed by atoms with Crippen molar-refractivity contribution in [1.29, 1.82) is 0 Å². The fourth-order valence-electron chi connectivity index (χ4n) is 7.39. The molecule has 0 heterocycles. The molecule has 0 radical (unpaired) electrons. The van der Waals surface area contributed by atoms with Crippen molar-refractivity contribution in [1.82, 2.24) is 0 Å². The average molecular weight is 835 g/mol. The summed E-state index contributed by atoms with van der Waals surface area (Å²) in [6.45, 7) is 10.3. The first-order valence-corrected chi connectivity index (χ1v) is 24.0. The summed E-state index contributed by atoms with van der Waals surface area (Å²) in [6, 6.07) is 1.67. The maximum Gasteiger partial charge on any atom is 0.306 e. The minimum absolute atomic E-state index is 0.0928. The van der Waals surface area contributed by atoms with Crippen LogP contribution in [0, 0.1) is 0 Å². The topological polar surface area (TPSA) is 99.1 Å². The quantitative estimate of drug-likeness (QED) is 0.0306. The van der Waals surface area contributed by atoms with Gasteiger partial charge in [0.2, 0.25) is 0 Å². The number of esters is 2. The van der Waals surface area contributed by atoms with Crippen LogP contribution in [0.25, 0.3) is 0 Å². The summed E-state index contributed by atoms with van der Waals surface area (Å²) in [5, 5.41) is 11.2. The molecule has 0 amide bonds. The first-order chi connectivity index (χ1) is 29.2. The molecule has 0 saturated carbocycles. The molecule has 60 heavy (non-hydrogen) atoms. The zero-order chi connectivity index (χ0) is 44.1. The van der Waals surface area contributed by atoms with E-state index in [0.717, 1.165) is 62.5 Å². The molecule has 1 aromatic rings. The van der Waals surface area contributed by atoms with Gasteiger partial charge in [0.25, 0.3) is 0 Å². The van der Waals surface area contributed by atoms with Crippen LogP contribution >= 0.6 is 0 Å². The third-order valence-electron chi connectivity index (χ3n) is 11.0. The van der Waals surface area contributed by atoms with Gasteiger partial charge in [0, 0.05) is 30.4 Å². The van der Waals surface area contributed by atoms with Gasteiger partial charge in [-0.05, 0) is 84.3 Å². The van der Waals surface area contributed by atoms with Crippen LogP contribution in [0.2, 0.25) is 0 Å². The molecule has 0 saturated heterocycles. The highest BCUT2D eigenvalue weighted by molar-refractivity contribution is 5.84. The fourth-order valence-corrected chi connectivity index (χ4v) is 7.39. The molecule has 1 N–H and O–H groups in total. The number of unbranched alkanes of at least 4 members (excludes halogenated alkanes) is 20. The minimum Gasteiger partial charge on any atom is -0.507 e. The second kappa shape index (κ2) is 37.2. The van der Waals surface area contributed by atoms with Crippen molar-refractivity contribution >= 4 is 18.2 Å². The van der Waals surface area contributed by atoms with Gasteiger partial charge in [-0.15, -0.1) is 0 Å². The van der Waals surface area contributed by atoms with Crippen molar-refractivity contribution in [3.8, 4) is 11.5 Å². The van der Waals surface area contributed by atoms with Crippen molar-refractivity contribution in [2.45, 2.75) is 227 Å².